The molecule has 1 aliphatic carbocycles. The van der Waals surface area contributed by atoms with Crippen molar-refractivity contribution >= 4 is 5.69 Å². The zero-order chi connectivity index (χ0) is 14.2. The van der Waals surface area contributed by atoms with E-state index in [1.54, 1.807) is 12.1 Å². The van der Waals surface area contributed by atoms with Crippen molar-refractivity contribution in [3.05, 3.63) is 64.2 Å². The molecule has 0 spiro atoms. The second-order valence-corrected chi connectivity index (χ2v) is 5.79. The van der Waals surface area contributed by atoms with Gasteiger partial charge in [0.2, 0.25) is 0 Å². The van der Waals surface area contributed by atoms with Crippen LogP contribution in [0.1, 0.15) is 32.3 Å². The molecule has 0 radical (unpaired) electrons. The van der Waals surface area contributed by atoms with Crippen LogP contribution in [0.3, 0.4) is 0 Å². The number of allylic oxidation sites excluding steroid dienone is 3. The highest BCUT2D eigenvalue weighted by molar-refractivity contribution is 5.41. The number of nitro groups is 1. The summed E-state index contributed by atoms with van der Waals surface area (Å²) < 4.78 is 0. The van der Waals surface area contributed by atoms with Gasteiger partial charge in [-0.05, 0) is 28.4 Å². The van der Waals surface area contributed by atoms with Gasteiger partial charge in [-0.15, -0.1) is 0 Å². The van der Waals surface area contributed by atoms with Gasteiger partial charge in [-0.25, -0.2) is 0 Å². The lowest BCUT2D eigenvalue weighted by molar-refractivity contribution is -0.384. The molecule has 3 heteroatoms. The second-order valence-electron chi connectivity index (χ2n) is 5.79. The molecule has 19 heavy (non-hydrogen) atoms. The van der Waals surface area contributed by atoms with Crippen molar-refractivity contribution in [1.29, 1.82) is 0 Å². The summed E-state index contributed by atoms with van der Waals surface area (Å²) in [6, 6.07) is 6.96. The van der Waals surface area contributed by atoms with Crippen molar-refractivity contribution in [1.82, 2.24) is 0 Å². The largest absolute Gasteiger partial charge is 0.269 e. The third-order valence-corrected chi connectivity index (χ3v) is 4.17. The lowest BCUT2D eigenvalue weighted by Gasteiger charge is -2.41. The Morgan fingerprint density at radius 1 is 1.37 bits per heavy atom. The highest BCUT2D eigenvalue weighted by Crippen LogP contribution is 2.49. The molecule has 0 fully saturated rings. The third-order valence-electron chi connectivity index (χ3n) is 4.17. The SMILES string of the molecule is C=C1C=CC(C)C(c2cccc([N+](=O)[O-])c2)C1(C)C. The smallest absolute Gasteiger partial charge is 0.258 e. The minimum absolute atomic E-state index is 0.0939. The van der Waals surface area contributed by atoms with Gasteiger partial charge in [-0.1, -0.05) is 51.6 Å². The summed E-state index contributed by atoms with van der Waals surface area (Å²) in [5.74, 6) is 0.549. The van der Waals surface area contributed by atoms with Gasteiger partial charge in [-0.3, -0.25) is 10.1 Å². The molecule has 0 aromatic heterocycles. The number of nitro benzene ring substituents is 1. The molecule has 0 saturated carbocycles. The van der Waals surface area contributed by atoms with Gasteiger partial charge in [0, 0.05) is 12.1 Å². The monoisotopic (exact) mass is 257 g/mol. The van der Waals surface area contributed by atoms with Crippen LogP contribution >= 0.6 is 0 Å². The Hall–Kier alpha value is -1.90. The first-order chi connectivity index (χ1) is 8.84. The van der Waals surface area contributed by atoms with Crippen molar-refractivity contribution in [2.75, 3.05) is 0 Å². The maximum atomic E-state index is 10.9. The van der Waals surface area contributed by atoms with Gasteiger partial charge in [0.05, 0.1) is 4.92 Å². The van der Waals surface area contributed by atoms with Gasteiger partial charge in [-0.2, -0.15) is 0 Å². The zero-order valence-electron chi connectivity index (χ0n) is 11.6. The molecule has 0 heterocycles. The molecule has 100 valence electrons. The number of nitrogens with zero attached hydrogens (tertiary/aromatic N) is 1. The summed E-state index contributed by atoms with van der Waals surface area (Å²) in [5.41, 5.74) is 2.14. The highest BCUT2D eigenvalue weighted by Gasteiger charge is 2.38. The van der Waals surface area contributed by atoms with Gasteiger partial charge < -0.3 is 0 Å². The number of rotatable bonds is 2. The molecular weight excluding hydrogens is 238 g/mol. The van der Waals surface area contributed by atoms with Crippen molar-refractivity contribution in [3.8, 4) is 0 Å². The van der Waals surface area contributed by atoms with Gasteiger partial charge in [0.15, 0.2) is 0 Å². The van der Waals surface area contributed by atoms with E-state index in [0.717, 1.165) is 11.1 Å². The average Bonchev–Trinajstić information content (AvgIpc) is 2.34. The first-order valence-electron chi connectivity index (χ1n) is 6.46. The van der Waals surface area contributed by atoms with E-state index in [0.29, 0.717) is 5.92 Å². The van der Waals surface area contributed by atoms with Crippen LogP contribution in [0.2, 0.25) is 0 Å². The van der Waals surface area contributed by atoms with Crippen LogP contribution in [0.4, 0.5) is 5.69 Å². The maximum Gasteiger partial charge on any atom is 0.269 e. The summed E-state index contributed by atoms with van der Waals surface area (Å²) >= 11 is 0. The summed E-state index contributed by atoms with van der Waals surface area (Å²) in [7, 11) is 0. The Bertz CT molecular complexity index is 558. The maximum absolute atomic E-state index is 10.9. The van der Waals surface area contributed by atoms with Crippen molar-refractivity contribution in [3.63, 3.8) is 0 Å². The molecule has 2 atom stereocenters. The van der Waals surface area contributed by atoms with Gasteiger partial charge in [0.1, 0.15) is 0 Å². The van der Waals surface area contributed by atoms with Crippen molar-refractivity contribution in [2.45, 2.75) is 26.7 Å². The quantitative estimate of drug-likeness (QED) is 0.579. The fourth-order valence-electron chi connectivity index (χ4n) is 3.00. The average molecular weight is 257 g/mol. The molecule has 0 saturated heterocycles. The third kappa shape index (κ3) is 2.33. The number of hydrogen-bond acceptors (Lipinski definition) is 2. The zero-order valence-corrected chi connectivity index (χ0v) is 11.6. The van der Waals surface area contributed by atoms with Crippen LogP contribution in [-0.2, 0) is 0 Å². The molecule has 0 aliphatic heterocycles. The van der Waals surface area contributed by atoms with Gasteiger partial charge in [0.25, 0.3) is 5.69 Å². The van der Waals surface area contributed by atoms with Crippen LogP contribution < -0.4 is 0 Å². The topological polar surface area (TPSA) is 43.1 Å². The molecular formula is C16H19NO2. The summed E-state index contributed by atoms with van der Waals surface area (Å²) in [6.45, 7) is 10.6. The Morgan fingerprint density at radius 3 is 2.68 bits per heavy atom. The lowest BCUT2D eigenvalue weighted by atomic mass is 9.62. The summed E-state index contributed by atoms with van der Waals surface area (Å²) in [4.78, 5) is 10.6. The van der Waals surface area contributed by atoms with E-state index in [1.807, 2.05) is 6.07 Å². The Labute approximate surface area is 113 Å². The minimum atomic E-state index is -0.339. The Kier molecular flexibility index (Phi) is 3.31. The molecule has 0 amide bonds. The Balaban J connectivity index is 2.50. The fourth-order valence-corrected chi connectivity index (χ4v) is 3.00. The normalized spacial score (nSPS) is 25.3. The second kappa shape index (κ2) is 4.65. The molecule has 2 unspecified atom stereocenters. The summed E-state index contributed by atoms with van der Waals surface area (Å²) in [6.07, 6.45) is 4.20. The van der Waals surface area contributed by atoms with Crippen LogP contribution in [0.25, 0.3) is 0 Å². The fraction of sp³-hybridized carbons (Fsp3) is 0.375. The van der Waals surface area contributed by atoms with Crippen LogP contribution in [0.15, 0.2) is 48.6 Å². The van der Waals surface area contributed by atoms with E-state index in [-0.39, 0.29) is 21.9 Å². The minimum Gasteiger partial charge on any atom is -0.258 e. The molecule has 1 aromatic carbocycles. The van der Waals surface area contributed by atoms with E-state index in [9.17, 15) is 10.1 Å². The lowest BCUT2D eigenvalue weighted by Crippen LogP contribution is -2.30. The summed E-state index contributed by atoms with van der Waals surface area (Å²) in [5, 5.41) is 10.9. The van der Waals surface area contributed by atoms with Crippen molar-refractivity contribution < 1.29 is 4.92 Å². The van der Waals surface area contributed by atoms with E-state index in [2.05, 4.69) is 39.5 Å². The molecule has 1 aliphatic rings. The van der Waals surface area contributed by atoms with E-state index in [1.165, 1.54) is 6.07 Å². The first kappa shape index (κ1) is 13.5. The van der Waals surface area contributed by atoms with Gasteiger partial charge >= 0.3 is 0 Å². The predicted octanol–water partition coefficient (Wildman–Crippen LogP) is 4.47. The number of non-ortho nitro benzene ring substituents is 1. The molecule has 2 rings (SSSR count). The van der Waals surface area contributed by atoms with Crippen molar-refractivity contribution in [2.24, 2.45) is 11.3 Å². The Morgan fingerprint density at radius 2 is 2.05 bits per heavy atom. The standard InChI is InChI=1S/C16H19NO2/c1-11-8-9-12(2)16(3,4)15(11)13-6-5-7-14(10-13)17(18)19/h5-11,15H,2H2,1,3-4H3. The predicted molar refractivity (Wildman–Crippen MR) is 77.1 cm³/mol. The molecule has 1 aromatic rings. The van der Waals surface area contributed by atoms with Crippen LogP contribution in [0.5, 0.6) is 0 Å². The van der Waals surface area contributed by atoms with E-state index >= 15 is 0 Å². The molecule has 3 nitrogen and oxygen atoms in total. The van der Waals surface area contributed by atoms with E-state index in [4.69, 9.17) is 0 Å². The van der Waals surface area contributed by atoms with Crippen LogP contribution in [0, 0.1) is 21.4 Å². The molecule has 0 bridgehead atoms. The first-order valence-corrected chi connectivity index (χ1v) is 6.46. The number of hydrogen-bond donors (Lipinski definition) is 0. The number of benzene rings is 1. The van der Waals surface area contributed by atoms with E-state index < -0.39 is 0 Å². The van der Waals surface area contributed by atoms with Crippen LogP contribution in [-0.4, -0.2) is 4.92 Å². The highest BCUT2D eigenvalue weighted by atomic mass is 16.6. The molecule has 0 N–H and O–H groups in total.